The van der Waals surface area contributed by atoms with Gasteiger partial charge in [-0.25, -0.2) is 0 Å². The third-order valence-electron chi connectivity index (χ3n) is 1.95. The van der Waals surface area contributed by atoms with Crippen molar-refractivity contribution >= 4 is 15.9 Å². The van der Waals surface area contributed by atoms with E-state index in [9.17, 15) is 0 Å². The van der Waals surface area contributed by atoms with Crippen LogP contribution in [0.3, 0.4) is 0 Å². The molecule has 15 heavy (non-hydrogen) atoms. The fourth-order valence-electron chi connectivity index (χ4n) is 1.17. The topological polar surface area (TPSA) is 18.5 Å². The van der Waals surface area contributed by atoms with Gasteiger partial charge in [0.2, 0.25) is 0 Å². The normalized spacial score (nSPS) is 10.5. The van der Waals surface area contributed by atoms with Crippen LogP contribution in [0, 0.1) is 5.92 Å². The van der Waals surface area contributed by atoms with Gasteiger partial charge in [-0.1, -0.05) is 35.8 Å². The van der Waals surface area contributed by atoms with Crippen LogP contribution in [0.25, 0.3) is 0 Å². The van der Waals surface area contributed by atoms with Gasteiger partial charge in [-0.3, -0.25) is 0 Å². The van der Waals surface area contributed by atoms with Gasteiger partial charge in [0.1, 0.15) is 0 Å². The minimum absolute atomic E-state index is 0.519. The number of hydrogen-bond acceptors (Lipinski definition) is 2. The maximum Gasteiger partial charge on any atom is 0.161 e. The molecule has 0 N–H and O–H groups in total. The molecule has 0 saturated carbocycles. The standard InChI is InChI=1S/C12H17BrO2/c1-9(2)8-15-11-5-4-10(7-13)6-12(11)14-3/h4-6,9H,7-8H2,1-3H3. The van der Waals surface area contributed by atoms with Crippen LogP contribution < -0.4 is 9.47 Å². The monoisotopic (exact) mass is 272 g/mol. The fourth-order valence-corrected chi connectivity index (χ4v) is 1.52. The Morgan fingerprint density at radius 2 is 2.00 bits per heavy atom. The molecule has 0 radical (unpaired) electrons. The van der Waals surface area contributed by atoms with Crippen molar-refractivity contribution in [2.45, 2.75) is 19.2 Å². The van der Waals surface area contributed by atoms with E-state index in [2.05, 4.69) is 29.8 Å². The first-order chi connectivity index (χ1) is 7.17. The van der Waals surface area contributed by atoms with Gasteiger partial charge in [0.25, 0.3) is 0 Å². The molecular weight excluding hydrogens is 256 g/mol. The van der Waals surface area contributed by atoms with E-state index >= 15 is 0 Å². The van der Waals surface area contributed by atoms with Crippen LogP contribution in [0.5, 0.6) is 11.5 Å². The van der Waals surface area contributed by atoms with E-state index < -0.39 is 0 Å². The molecule has 0 aliphatic heterocycles. The van der Waals surface area contributed by atoms with Crippen molar-refractivity contribution in [2.75, 3.05) is 13.7 Å². The molecule has 0 spiro atoms. The predicted molar refractivity (Wildman–Crippen MR) is 66.0 cm³/mol. The van der Waals surface area contributed by atoms with Crippen molar-refractivity contribution < 1.29 is 9.47 Å². The lowest BCUT2D eigenvalue weighted by Gasteiger charge is -2.12. The predicted octanol–water partition coefficient (Wildman–Crippen LogP) is 3.62. The maximum atomic E-state index is 5.65. The lowest BCUT2D eigenvalue weighted by molar-refractivity contribution is 0.257. The van der Waals surface area contributed by atoms with Gasteiger partial charge in [-0.05, 0) is 23.6 Å². The molecule has 84 valence electrons. The molecule has 1 aromatic carbocycles. The zero-order chi connectivity index (χ0) is 11.3. The first-order valence-electron chi connectivity index (χ1n) is 5.03. The van der Waals surface area contributed by atoms with E-state index in [-0.39, 0.29) is 0 Å². The molecular formula is C12H17BrO2. The Balaban J connectivity index is 2.78. The molecule has 0 saturated heterocycles. The summed E-state index contributed by atoms with van der Waals surface area (Å²) in [5.74, 6) is 2.13. The number of hydrogen-bond donors (Lipinski definition) is 0. The van der Waals surface area contributed by atoms with Gasteiger partial charge in [-0.15, -0.1) is 0 Å². The number of halogens is 1. The fraction of sp³-hybridized carbons (Fsp3) is 0.500. The third-order valence-corrected chi connectivity index (χ3v) is 2.60. The summed E-state index contributed by atoms with van der Waals surface area (Å²) in [6.45, 7) is 4.96. The van der Waals surface area contributed by atoms with Crippen LogP contribution >= 0.6 is 15.9 Å². The Morgan fingerprint density at radius 1 is 1.27 bits per heavy atom. The first-order valence-corrected chi connectivity index (χ1v) is 6.15. The summed E-state index contributed by atoms with van der Waals surface area (Å²) in [7, 11) is 1.66. The SMILES string of the molecule is COc1cc(CBr)ccc1OCC(C)C. The summed E-state index contributed by atoms with van der Waals surface area (Å²) >= 11 is 3.41. The van der Waals surface area contributed by atoms with Gasteiger partial charge in [0, 0.05) is 5.33 Å². The Labute approximate surface area is 99.7 Å². The lowest BCUT2D eigenvalue weighted by Crippen LogP contribution is -2.05. The van der Waals surface area contributed by atoms with E-state index in [1.807, 2.05) is 18.2 Å². The van der Waals surface area contributed by atoms with Crippen LogP contribution in [0.15, 0.2) is 18.2 Å². The average Bonchev–Trinajstić information content (AvgIpc) is 2.25. The number of rotatable bonds is 5. The molecule has 3 heteroatoms. The van der Waals surface area contributed by atoms with E-state index in [1.54, 1.807) is 7.11 Å². The quantitative estimate of drug-likeness (QED) is 0.763. The zero-order valence-corrected chi connectivity index (χ0v) is 11.0. The molecule has 0 amide bonds. The van der Waals surface area contributed by atoms with Crippen LogP contribution in [-0.4, -0.2) is 13.7 Å². The van der Waals surface area contributed by atoms with Crippen molar-refractivity contribution in [3.8, 4) is 11.5 Å². The van der Waals surface area contributed by atoms with Crippen molar-refractivity contribution in [1.82, 2.24) is 0 Å². The Kier molecular flexibility index (Phi) is 4.95. The van der Waals surface area contributed by atoms with Gasteiger partial charge >= 0.3 is 0 Å². The number of methoxy groups -OCH3 is 1. The summed E-state index contributed by atoms with van der Waals surface area (Å²) in [6.07, 6.45) is 0. The molecule has 0 aromatic heterocycles. The van der Waals surface area contributed by atoms with E-state index in [0.717, 1.165) is 16.8 Å². The zero-order valence-electron chi connectivity index (χ0n) is 9.42. The summed E-state index contributed by atoms with van der Waals surface area (Å²) in [4.78, 5) is 0. The first kappa shape index (κ1) is 12.4. The molecule has 0 unspecified atom stereocenters. The smallest absolute Gasteiger partial charge is 0.161 e. The highest BCUT2D eigenvalue weighted by Gasteiger charge is 2.05. The van der Waals surface area contributed by atoms with Gasteiger partial charge in [0.15, 0.2) is 11.5 Å². The minimum atomic E-state index is 0.519. The number of benzene rings is 1. The second-order valence-corrected chi connectivity index (χ2v) is 4.38. The number of alkyl halides is 1. The maximum absolute atomic E-state index is 5.65. The van der Waals surface area contributed by atoms with Crippen LogP contribution in [0.4, 0.5) is 0 Å². The highest BCUT2D eigenvalue weighted by Crippen LogP contribution is 2.29. The lowest BCUT2D eigenvalue weighted by atomic mass is 10.2. The third kappa shape index (κ3) is 3.74. The Hall–Kier alpha value is -0.700. The summed E-state index contributed by atoms with van der Waals surface area (Å²) in [5, 5.41) is 0.827. The molecule has 0 heterocycles. The highest BCUT2D eigenvalue weighted by atomic mass is 79.9. The molecule has 0 fully saturated rings. The molecule has 0 aliphatic carbocycles. The Bertz CT molecular complexity index is 310. The van der Waals surface area contributed by atoms with Crippen molar-refractivity contribution in [2.24, 2.45) is 5.92 Å². The van der Waals surface area contributed by atoms with Crippen LogP contribution in [0.1, 0.15) is 19.4 Å². The second kappa shape index (κ2) is 6.01. The van der Waals surface area contributed by atoms with Gasteiger partial charge in [-0.2, -0.15) is 0 Å². The van der Waals surface area contributed by atoms with Crippen LogP contribution in [-0.2, 0) is 5.33 Å². The minimum Gasteiger partial charge on any atom is -0.493 e. The summed E-state index contributed by atoms with van der Waals surface area (Å²) < 4.78 is 10.9. The van der Waals surface area contributed by atoms with Crippen molar-refractivity contribution in [3.63, 3.8) is 0 Å². The summed E-state index contributed by atoms with van der Waals surface area (Å²) in [6, 6.07) is 5.98. The van der Waals surface area contributed by atoms with E-state index in [0.29, 0.717) is 12.5 Å². The molecule has 1 aromatic rings. The molecule has 0 bridgehead atoms. The van der Waals surface area contributed by atoms with Crippen LogP contribution in [0.2, 0.25) is 0 Å². The Morgan fingerprint density at radius 3 is 2.53 bits per heavy atom. The molecule has 0 atom stereocenters. The highest BCUT2D eigenvalue weighted by molar-refractivity contribution is 9.08. The van der Waals surface area contributed by atoms with Gasteiger partial charge < -0.3 is 9.47 Å². The largest absolute Gasteiger partial charge is 0.493 e. The average molecular weight is 273 g/mol. The number of ether oxygens (including phenoxy) is 2. The molecule has 2 nitrogen and oxygen atoms in total. The van der Waals surface area contributed by atoms with E-state index in [4.69, 9.17) is 9.47 Å². The van der Waals surface area contributed by atoms with Crippen molar-refractivity contribution in [3.05, 3.63) is 23.8 Å². The molecule has 1 rings (SSSR count). The molecule has 0 aliphatic rings. The van der Waals surface area contributed by atoms with Crippen molar-refractivity contribution in [1.29, 1.82) is 0 Å². The second-order valence-electron chi connectivity index (χ2n) is 3.82. The van der Waals surface area contributed by atoms with E-state index in [1.165, 1.54) is 5.56 Å². The van der Waals surface area contributed by atoms with Gasteiger partial charge in [0.05, 0.1) is 13.7 Å². The summed E-state index contributed by atoms with van der Waals surface area (Å²) in [5.41, 5.74) is 1.18.